The zero-order valence-corrected chi connectivity index (χ0v) is 9.21. The highest BCUT2D eigenvalue weighted by molar-refractivity contribution is 6.49. The van der Waals surface area contributed by atoms with Crippen molar-refractivity contribution in [3.8, 4) is 5.75 Å². The number of hydrogen-bond donors (Lipinski definition) is 0. The Hall–Kier alpha value is -0.763. The highest BCUT2D eigenvalue weighted by atomic mass is 28.3. The molecular weight excluding hydrogens is 176 g/mol. The molecule has 0 spiro atoms. The van der Waals surface area contributed by atoms with Gasteiger partial charge in [0, 0.05) is 0 Å². The van der Waals surface area contributed by atoms with Gasteiger partial charge in [-0.2, -0.15) is 0 Å². The van der Waals surface area contributed by atoms with Crippen LogP contribution in [0.15, 0.2) is 24.3 Å². The Labute approximate surface area is 81.5 Å². The molecule has 0 N–H and O–H groups in total. The number of rotatable bonds is 3. The Morgan fingerprint density at radius 2 is 2.08 bits per heavy atom. The van der Waals surface area contributed by atoms with Crippen molar-refractivity contribution in [1.29, 1.82) is 0 Å². The minimum absolute atomic E-state index is 0.608. The fourth-order valence-electron chi connectivity index (χ4n) is 1.48. The van der Waals surface area contributed by atoms with Crippen molar-refractivity contribution in [2.24, 2.45) is 0 Å². The Morgan fingerprint density at radius 1 is 1.31 bits per heavy atom. The molecule has 0 bridgehead atoms. The highest BCUT2D eigenvalue weighted by Gasteiger charge is 2.23. The smallest absolute Gasteiger partial charge is 0.274 e. The lowest BCUT2D eigenvalue weighted by Gasteiger charge is -2.09. The fraction of sp³-hybridized carbons (Fsp3) is 0.455. The predicted octanol–water partition coefficient (Wildman–Crippen LogP) is 3.19. The summed E-state index contributed by atoms with van der Waals surface area (Å²) in [5.41, 5.74) is 1.46. The lowest BCUT2D eigenvalue weighted by Crippen LogP contribution is -2.11. The Morgan fingerprint density at radius 3 is 2.69 bits per heavy atom. The van der Waals surface area contributed by atoms with Crippen LogP contribution >= 0.6 is 0 Å². The van der Waals surface area contributed by atoms with Crippen LogP contribution in [0.1, 0.15) is 24.3 Å². The molecule has 0 aliphatic heterocycles. The number of hydrogen-bond acceptors (Lipinski definition) is 1. The van der Waals surface area contributed by atoms with E-state index >= 15 is 0 Å². The van der Waals surface area contributed by atoms with Crippen molar-refractivity contribution in [3.05, 3.63) is 29.8 Å². The maximum Gasteiger partial charge on any atom is 0.274 e. The quantitative estimate of drug-likeness (QED) is 0.667. The first-order valence-corrected chi connectivity index (χ1v) is 7.24. The van der Waals surface area contributed by atoms with E-state index in [0.29, 0.717) is 0 Å². The van der Waals surface area contributed by atoms with Gasteiger partial charge < -0.3 is 4.43 Å². The summed E-state index contributed by atoms with van der Waals surface area (Å²) in [5, 5.41) is 0. The third-order valence-electron chi connectivity index (χ3n) is 2.23. The lowest BCUT2D eigenvalue weighted by molar-refractivity contribution is 0.579. The summed E-state index contributed by atoms with van der Waals surface area (Å²) in [4.78, 5) is 0. The summed E-state index contributed by atoms with van der Waals surface area (Å²) in [6.45, 7) is 4.32. The van der Waals surface area contributed by atoms with Gasteiger partial charge in [-0.05, 0) is 49.5 Å². The maximum absolute atomic E-state index is 5.73. The lowest BCUT2D eigenvalue weighted by atomic mass is 10.1. The highest BCUT2D eigenvalue weighted by Crippen LogP contribution is 2.40. The van der Waals surface area contributed by atoms with E-state index in [0.717, 1.165) is 11.7 Å². The SMILES string of the molecule is C[Si](C)Oc1cccc(C2CC2)c1. The standard InChI is InChI=1S/C11H15OSi/c1-13(2)12-11-5-3-4-10(8-11)9-6-7-9/h3-5,8-9H,6-7H2,1-2H3. The molecule has 1 aliphatic carbocycles. The van der Waals surface area contributed by atoms with Gasteiger partial charge in [-0.3, -0.25) is 0 Å². The molecule has 2 rings (SSSR count). The van der Waals surface area contributed by atoms with Crippen molar-refractivity contribution in [1.82, 2.24) is 0 Å². The van der Waals surface area contributed by atoms with Gasteiger partial charge in [0.1, 0.15) is 5.75 Å². The van der Waals surface area contributed by atoms with Gasteiger partial charge in [-0.25, -0.2) is 0 Å². The molecule has 0 saturated heterocycles. The zero-order valence-electron chi connectivity index (χ0n) is 8.21. The van der Waals surface area contributed by atoms with Crippen LogP contribution < -0.4 is 4.43 Å². The van der Waals surface area contributed by atoms with Crippen LogP contribution in [-0.2, 0) is 0 Å². The van der Waals surface area contributed by atoms with Crippen molar-refractivity contribution < 1.29 is 4.43 Å². The Kier molecular flexibility index (Phi) is 2.40. The van der Waals surface area contributed by atoms with Crippen LogP contribution in [0.5, 0.6) is 5.75 Å². The molecule has 69 valence electrons. The average Bonchev–Trinajstić information content (AvgIpc) is 2.85. The summed E-state index contributed by atoms with van der Waals surface area (Å²) < 4.78 is 5.73. The van der Waals surface area contributed by atoms with Gasteiger partial charge in [0.2, 0.25) is 0 Å². The van der Waals surface area contributed by atoms with E-state index in [2.05, 4.69) is 37.4 Å². The third-order valence-corrected chi connectivity index (χ3v) is 2.87. The van der Waals surface area contributed by atoms with E-state index in [-0.39, 0.29) is 0 Å². The van der Waals surface area contributed by atoms with Gasteiger partial charge >= 0.3 is 0 Å². The molecule has 0 aromatic heterocycles. The molecular formula is C11H15OSi. The van der Waals surface area contributed by atoms with Crippen LogP contribution in [0, 0.1) is 0 Å². The average molecular weight is 191 g/mol. The first-order chi connectivity index (χ1) is 6.25. The van der Waals surface area contributed by atoms with Gasteiger partial charge in [-0.1, -0.05) is 12.1 Å². The first kappa shape index (κ1) is 8.82. The third kappa shape index (κ3) is 2.34. The molecule has 1 saturated carbocycles. The molecule has 0 unspecified atom stereocenters. The summed E-state index contributed by atoms with van der Waals surface area (Å²) in [5.74, 6) is 1.89. The van der Waals surface area contributed by atoms with E-state index in [1.807, 2.05) is 0 Å². The Bertz CT molecular complexity index is 292. The molecule has 0 heterocycles. The van der Waals surface area contributed by atoms with Crippen molar-refractivity contribution in [2.75, 3.05) is 0 Å². The molecule has 1 fully saturated rings. The second kappa shape index (κ2) is 3.54. The first-order valence-electron chi connectivity index (χ1n) is 4.83. The van der Waals surface area contributed by atoms with Gasteiger partial charge in [0.05, 0.1) is 0 Å². The van der Waals surface area contributed by atoms with Crippen molar-refractivity contribution in [2.45, 2.75) is 31.9 Å². The molecule has 13 heavy (non-hydrogen) atoms. The van der Waals surface area contributed by atoms with E-state index in [9.17, 15) is 0 Å². The Balaban J connectivity index is 2.12. The monoisotopic (exact) mass is 191 g/mol. The van der Waals surface area contributed by atoms with E-state index in [1.54, 1.807) is 0 Å². The maximum atomic E-state index is 5.73. The van der Waals surface area contributed by atoms with Crippen molar-refractivity contribution in [3.63, 3.8) is 0 Å². The zero-order chi connectivity index (χ0) is 9.26. The summed E-state index contributed by atoms with van der Waals surface area (Å²) in [7, 11) is -0.608. The predicted molar refractivity (Wildman–Crippen MR) is 56.5 cm³/mol. The molecule has 2 heteroatoms. The largest absolute Gasteiger partial charge is 0.543 e. The van der Waals surface area contributed by atoms with E-state index < -0.39 is 9.04 Å². The van der Waals surface area contributed by atoms with E-state index in [1.165, 1.54) is 18.4 Å². The topological polar surface area (TPSA) is 9.23 Å². The minimum Gasteiger partial charge on any atom is -0.543 e. The summed E-state index contributed by atoms with van der Waals surface area (Å²) in [6, 6.07) is 8.58. The summed E-state index contributed by atoms with van der Waals surface area (Å²) >= 11 is 0. The molecule has 1 nitrogen and oxygen atoms in total. The van der Waals surface area contributed by atoms with Gasteiger partial charge in [0.25, 0.3) is 9.04 Å². The van der Waals surface area contributed by atoms with E-state index in [4.69, 9.17) is 4.43 Å². The molecule has 1 aliphatic rings. The van der Waals surface area contributed by atoms with Crippen LogP contribution in [0.2, 0.25) is 13.1 Å². The fourth-order valence-corrected chi connectivity index (χ4v) is 2.08. The number of benzene rings is 1. The molecule has 0 atom stereocenters. The van der Waals surface area contributed by atoms with Gasteiger partial charge in [-0.15, -0.1) is 0 Å². The molecule has 1 aromatic rings. The molecule has 1 radical (unpaired) electrons. The van der Waals surface area contributed by atoms with Crippen LogP contribution in [0.4, 0.5) is 0 Å². The van der Waals surface area contributed by atoms with Crippen LogP contribution in [0.3, 0.4) is 0 Å². The minimum atomic E-state index is -0.608. The van der Waals surface area contributed by atoms with Gasteiger partial charge in [0.15, 0.2) is 0 Å². The molecule has 1 aromatic carbocycles. The van der Waals surface area contributed by atoms with Crippen LogP contribution in [0.25, 0.3) is 0 Å². The second-order valence-corrected chi connectivity index (χ2v) is 5.88. The second-order valence-electron chi connectivity index (χ2n) is 3.86. The molecule has 0 amide bonds. The summed E-state index contributed by atoms with van der Waals surface area (Å²) in [6.07, 6.45) is 2.72. The van der Waals surface area contributed by atoms with Crippen molar-refractivity contribution >= 4 is 9.04 Å². The normalized spacial score (nSPS) is 16.2. The van der Waals surface area contributed by atoms with Crippen LogP contribution in [-0.4, -0.2) is 9.04 Å².